The highest BCUT2D eigenvalue weighted by atomic mass is 16.5. The van der Waals surface area contributed by atoms with Gasteiger partial charge in [0.05, 0.1) is 12.8 Å². The first-order valence-electron chi connectivity index (χ1n) is 12.7. The number of phenolic OH excluding ortho intramolecular Hbond substituents is 2. The highest BCUT2D eigenvalue weighted by Crippen LogP contribution is 2.37. The average Bonchev–Trinajstić information content (AvgIpc) is 3.15. The summed E-state index contributed by atoms with van der Waals surface area (Å²) in [5.74, 6) is 1.93. The first-order chi connectivity index (χ1) is 17.5. The number of nitrogens with zero attached hydrogens (tertiary/aromatic N) is 2. The van der Waals surface area contributed by atoms with Gasteiger partial charge in [-0.1, -0.05) is 24.6 Å². The SMILES string of the molecule is COc1cc(Cn2c(-c3cccc(O)c3)c(C)c3cc(O)ccc32)ccc1OCCN1CCCCC1. The van der Waals surface area contributed by atoms with Crippen molar-refractivity contribution in [3.05, 3.63) is 71.8 Å². The van der Waals surface area contributed by atoms with Gasteiger partial charge in [-0.15, -0.1) is 0 Å². The minimum atomic E-state index is 0.222. The molecule has 1 fully saturated rings. The lowest BCUT2D eigenvalue weighted by molar-refractivity contribution is 0.180. The molecule has 0 saturated carbocycles. The third kappa shape index (κ3) is 5.00. The van der Waals surface area contributed by atoms with Gasteiger partial charge in [-0.25, -0.2) is 0 Å². The van der Waals surface area contributed by atoms with Crippen LogP contribution in [0, 0.1) is 6.92 Å². The van der Waals surface area contributed by atoms with Gasteiger partial charge in [-0.2, -0.15) is 0 Å². The lowest BCUT2D eigenvalue weighted by Crippen LogP contribution is -2.33. The van der Waals surface area contributed by atoms with Gasteiger partial charge >= 0.3 is 0 Å². The molecule has 188 valence electrons. The summed E-state index contributed by atoms with van der Waals surface area (Å²) in [6.45, 7) is 6.54. The number of phenols is 2. The molecule has 0 spiro atoms. The number of aromatic hydroxyl groups is 2. The number of ether oxygens (including phenoxy) is 2. The van der Waals surface area contributed by atoms with Crippen LogP contribution in [-0.2, 0) is 6.54 Å². The highest BCUT2D eigenvalue weighted by molar-refractivity contribution is 5.92. The number of rotatable bonds is 8. The maximum atomic E-state index is 10.1. The van der Waals surface area contributed by atoms with E-state index in [9.17, 15) is 10.2 Å². The van der Waals surface area contributed by atoms with Gasteiger partial charge < -0.3 is 24.3 Å². The minimum Gasteiger partial charge on any atom is -0.508 e. The minimum absolute atomic E-state index is 0.222. The molecule has 0 aliphatic carbocycles. The van der Waals surface area contributed by atoms with Crippen molar-refractivity contribution in [2.75, 3.05) is 33.4 Å². The molecule has 2 heterocycles. The van der Waals surface area contributed by atoms with Crippen molar-refractivity contribution in [2.45, 2.75) is 32.7 Å². The Bertz CT molecular complexity index is 1350. The lowest BCUT2D eigenvalue weighted by Gasteiger charge is -2.26. The lowest BCUT2D eigenvalue weighted by atomic mass is 10.1. The maximum Gasteiger partial charge on any atom is 0.161 e. The molecule has 1 saturated heterocycles. The number of hydrogen-bond acceptors (Lipinski definition) is 5. The van der Waals surface area contributed by atoms with E-state index in [1.54, 1.807) is 31.4 Å². The summed E-state index contributed by atoms with van der Waals surface area (Å²) in [5.41, 5.74) is 5.07. The van der Waals surface area contributed by atoms with Crippen molar-refractivity contribution < 1.29 is 19.7 Å². The standard InChI is InChI=1S/C30H34N2O4/c1-21-26-19-25(34)10-11-27(26)32(30(21)23-7-6-8-24(33)18-23)20-22-9-12-28(29(17-22)35-2)36-16-15-31-13-4-3-5-14-31/h6-12,17-19,33-34H,3-5,13-16,20H2,1-2H3. The van der Waals surface area contributed by atoms with E-state index in [-0.39, 0.29) is 11.5 Å². The van der Waals surface area contributed by atoms with Gasteiger partial charge in [0, 0.05) is 29.6 Å². The molecule has 5 rings (SSSR count). The third-order valence-electron chi connectivity index (χ3n) is 7.10. The highest BCUT2D eigenvalue weighted by Gasteiger charge is 2.18. The Morgan fingerprint density at radius 1 is 0.861 bits per heavy atom. The van der Waals surface area contributed by atoms with E-state index in [0.29, 0.717) is 13.2 Å². The van der Waals surface area contributed by atoms with E-state index < -0.39 is 0 Å². The van der Waals surface area contributed by atoms with Crippen LogP contribution in [-0.4, -0.2) is 53.0 Å². The molecule has 36 heavy (non-hydrogen) atoms. The van der Waals surface area contributed by atoms with Crippen LogP contribution >= 0.6 is 0 Å². The second kappa shape index (κ2) is 10.5. The van der Waals surface area contributed by atoms with Crippen molar-refractivity contribution in [2.24, 2.45) is 0 Å². The molecule has 6 heteroatoms. The van der Waals surface area contributed by atoms with Crippen molar-refractivity contribution in [1.82, 2.24) is 9.47 Å². The molecule has 0 atom stereocenters. The first-order valence-corrected chi connectivity index (χ1v) is 12.7. The smallest absolute Gasteiger partial charge is 0.161 e. The molecule has 3 aromatic carbocycles. The zero-order valence-corrected chi connectivity index (χ0v) is 21.0. The number of aryl methyl sites for hydroxylation is 1. The van der Waals surface area contributed by atoms with Crippen LogP contribution in [0.25, 0.3) is 22.2 Å². The van der Waals surface area contributed by atoms with Gasteiger partial charge in [0.25, 0.3) is 0 Å². The summed E-state index contributed by atoms with van der Waals surface area (Å²) in [7, 11) is 1.67. The number of methoxy groups -OCH3 is 1. The predicted octanol–water partition coefficient (Wildman–Crippen LogP) is 5.95. The number of fused-ring (bicyclic) bond motifs is 1. The second-order valence-electron chi connectivity index (χ2n) is 9.55. The summed E-state index contributed by atoms with van der Waals surface area (Å²) in [4.78, 5) is 2.46. The van der Waals surface area contributed by atoms with Crippen LogP contribution in [0.4, 0.5) is 0 Å². The monoisotopic (exact) mass is 486 g/mol. The maximum absolute atomic E-state index is 10.1. The van der Waals surface area contributed by atoms with Crippen molar-refractivity contribution in [1.29, 1.82) is 0 Å². The van der Waals surface area contributed by atoms with Crippen molar-refractivity contribution >= 4 is 10.9 Å². The number of benzene rings is 3. The molecular formula is C30H34N2O4. The van der Waals surface area contributed by atoms with E-state index >= 15 is 0 Å². The fraction of sp³-hybridized carbons (Fsp3) is 0.333. The Kier molecular flexibility index (Phi) is 7.05. The van der Waals surface area contributed by atoms with E-state index in [1.807, 2.05) is 30.3 Å². The zero-order chi connectivity index (χ0) is 25.1. The van der Waals surface area contributed by atoms with E-state index in [1.165, 1.54) is 19.3 Å². The number of aromatic nitrogens is 1. The number of hydrogen-bond donors (Lipinski definition) is 2. The Balaban J connectivity index is 1.44. The molecule has 2 N–H and O–H groups in total. The Morgan fingerprint density at radius 3 is 2.44 bits per heavy atom. The zero-order valence-electron chi connectivity index (χ0n) is 21.0. The molecule has 0 bridgehead atoms. The van der Waals surface area contributed by atoms with Crippen LogP contribution in [0.5, 0.6) is 23.0 Å². The van der Waals surface area contributed by atoms with Gasteiger partial charge in [0.1, 0.15) is 18.1 Å². The summed E-state index contributed by atoms with van der Waals surface area (Å²) in [6.07, 6.45) is 3.88. The van der Waals surface area contributed by atoms with Gasteiger partial charge in [-0.3, -0.25) is 4.90 Å². The van der Waals surface area contributed by atoms with Gasteiger partial charge in [0.15, 0.2) is 11.5 Å². The fourth-order valence-electron chi connectivity index (χ4n) is 5.28. The number of piperidine rings is 1. The Morgan fingerprint density at radius 2 is 1.67 bits per heavy atom. The van der Waals surface area contributed by atoms with E-state index in [4.69, 9.17) is 9.47 Å². The van der Waals surface area contributed by atoms with Crippen LogP contribution in [0.2, 0.25) is 0 Å². The quantitative estimate of drug-likeness (QED) is 0.322. The number of likely N-dealkylation sites (tertiary alicyclic amines) is 1. The van der Waals surface area contributed by atoms with Crippen molar-refractivity contribution in [3.63, 3.8) is 0 Å². The molecule has 0 unspecified atom stereocenters. The summed E-state index contributed by atoms with van der Waals surface area (Å²) < 4.78 is 14.0. The van der Waals surface area contributed by atoms with Crippen molar-refractivity contribution in [3.8, 4) is 34.3 Å². The van der Waals surface area contributed by atoms with Crippen LogP contribution in [0.15, 0.2) is 60.7 Å². The van der Waals surface area contributed by atoms with E-state index in [2.05, 4.69) is 22.5 Å². The Hall–Kier alpha value is -3.64. The summed E-state index contributed by atoms with van der Waals surface area (Å²) >= 11 is 0. The summed E-state index contributed by atoms with van der Waals surface area (Å²) in [5, 5.41) is 21.2. The van der Waals surface area contributed by atoms with E-state index in [0.717, 1.165) is 64.4 Å². The predicted molar refractivity (Wildman–Crippen MR) is 143 cm³/mol. The largest absolute Gasteiger partial charge is 0.508 e. The second-order valence-corrected chi connectivity index (χ2v) is 9.55. The molecule has 4 aromatic rings. The molecule has 1 aromatic heterocycles. The molecular weight excluding hydrogens is 452 g/mol. The molecule has 0 amide bonds. The third-order valence-corrected chi connectivity index (χ3v) is 7.10. The Labute approximate surface area is 212 Å². The van der Waals surface area contributed by atoms with Crippen LogP contribution in [0.1, 0.15) is 30.4 Å². The molecule has 1 aliphatic heterocycles. The molecule has 1 aliphatic rings. The first kappa shape index (κ1) is 24.1. The summed E-state index contributed by atoms with van der Waals surface area (Å²) in [6, 6.07) is 18.8. The molecule has 6 nitrogen and oxygen atoms in total. The molecule has 0 radical (unpaired) electrons. The topological polar surface area (TPSA) is 67.1 Å². The van der Waals surface area contributed by atoms with Crippen LogP contribution in [0.3, 0.4) is 0 Å². The normalized spacial score (nSPS) is 14.3. The average molecular weight is 487 g/mol. The fourth-order valence-corrected chi connectivity index (χ4v) is 5.28. The van der Waals surface area contributed by atoms with Gasteiger partial charge in [0.2, 0.25) is 0 Å². The van der Waals surface area contributed by atoms with Crippen LogP contribution < -0.4 is 9.47 Å². The van der Waals surface area contributed by atoms with Gasteiger partial charge in [-0.05, 0) is 86.4 Å².